The zero-order chi connectivity index (χ0) is 17.2. The molecule has 1 saturated carbocycles. The van der Waals surface area contributed by atoms with Crippen molar-refractivity contribution < 1.29 is 13.2 Å². The van der Waals surface area contributed by atoms with Crippen molar-refractivity contribution in [3.8, 4) is 0 Å². The molecule has 0 spiro atoms. The maximum absolute atomic E-state index is 12.9. The molecular formula is C16H26N4O3S. The van der Waals surface area contributed by atoms with Crippen LogP contribution in [-0.2, 0) is 27.9 Å². The lowest BCUT2D eigenvalue weighted by atomic mass is 10.0. The molecule has 1 aromatic heterocycles. The van der Waals surface area contributed by atoms with E-state index in [1.165, 1.54) is 12.8 Å². The number of aryl methyl sites for hydroxylation is 1. The quantitative estimate of drug-likeness (QED) is 0.858. The molecule has 1 amide bonds. The van der Waals surface area contributed by atoms with E-state index in [-0.39, 0.29) is 18.5 Å². The highest BCUT2D eigenvalue weighted by Gasteiger charge is 2.30. The number of rotatable bonds is 5. The molecule has 0 unspecified atom stereocenters. The summed E-state index contributed by atoms with van der Waals surface area (Å²) in [5, 5.41) is 4.30. The van der Waals surface area contributed by atoms with Crippen LogP contribution in [0.15, 0.2) is 12.3 Å². The van der Waals surface area contributed by atoms with Gasteiger partial charge in [0.2, 0.25) is 15.9 Å². The van der Waals surface area contributed by atoms with E-state index in [0.29, 0.717) is 31.8 Å². The third kappa shape index (κ3) is 4.36. The van der Waals surface area contributed by atoms with E-state index in [0.717, 1.165) is 24.8 Å². The minimum Gasteiger partial charge on any atom is -0.332 e. The SMILES string of the molecule is CS(=O)(=O)NC[C@H]1CCn2nccc2CN1C(=O)CC1CCCC1. The Hall–Kier alpha value is -1.41. The van der Waals surface area contributed by atoms with Gasteiger partial charge in [-0.25, -0.2) is 13.1 Å². The molecule has 1 aromatic rings. The van der Waals surface area contributed by atoms with Gasteiger partial charge in [-0.05, 0) is 31.2 Å². The number of hydrogen-bond acceptors (Lipinski definition) is 4. The van der Waals surface area contributed by atoms with E-state index in [2.05, 4.69) is 9.82 Å². The van der Waals surface area contributed by atoms with Gasteiger partial charge >= 0.3 is 0 Å². The Bertz CT molecular complexity index is 679. The van der Waals surface area contributed by atoms with Crippen LogP contribution in [0.1, 0.15) is 44.2 Å². The summed E-state index contributed by atoms with van der Waals surface area (Å²) in [6.07, 6.45) is 8.86. The number of hydrogen-bond donors (Lipinski definition) is 1. The molecule has 1 aliphatic heterocycles. The summed E-state index contributed by atoms with van der Waals surface area (Å²) in [7, 11) is -3.27. The molecule has 0 saturated heterocycles. The number of carbonyl (C=O) groups is 1. The molecule has 24 heavy (non-hydrogen) atoms. The average molecular weight is 354 g/mol. The number of nitrogens with one attached hydrogen (secondary N) is 1. The van der Waals surface area contributed by atoms with Gasteiger partial charge in [0.15, 0.2) is 0 Å². The molecule has 8 heteroatoms. The summed E-state index contributed by atoms with van der Waals surface area (Å²) in [6.45, 7) is 1.47. The Morgan fingerprint density at radius 2 is 2.08 bits per heavy atom. The lowest BCUT2D eigenvalue weighted by molar-refractivity contribution is -0.135. The topological polar surface area (TPSA) is 84.3 Å². The second kappa shape index (κ2) is 7.23. The van der Waals surface area contributed by atoms with Crippen LogP contribution < -0.4 is 4.72 Å². The Kier molecular flexibility index (Phi) is 5.24. The highest BCUT2D eigenvalue weighted by Crippen LogP contribution is 2.29. The number of fused-ring (bicyclic) bond motifs is 1. The molecule has 1 N–H and O–H groups in total. The van der Waals surface area contributed by atoms with Gasteiger partial charge in [0, 0.05) is 31.7 Å². The van der Waals surface area contributed by atoms with Gasteiger partial charge in [-0.2, -0.15) is 5.10 Å². The molecule has 134 valence electrons. The van der Waals surface area contributed by atoms with Gasteiger partial charge in [0.05, 0.1) is 18.5 Å². The summed E-state index contributed by atoms with van der Waals surface area (Å²) >= 11 is 0. The normalized spacial score (nSPS) is 22.4. The molecular weight excluding hydrogens is 328 g/mol. The van der Waals surface area contributed by atoms with Crippen LogP contribution in [0.3, 0.4) is 0 Å². The molecule has 1 atom stereocenters. The van der Waals surface area contributed by atoms with Crippen molar-refractivity contribution in [1.82, 2.24) is 19.4 Å². The van der Waals surface area contributed by atoms with Crippen LogP contribution in [0.5, 0.6) is 0 Å². The van der Waals surface area contributed by atoms with Crippen molar-refractivity contribution in [2.75, 3.05) is 12.8 Å². The zero-order valence-electron chi connectivity index (χ0n) is 14.1. The molecule has 2 aliphatic rings. The number of nitrogens with zero attached hydrogens (tertiary/aromatic N) is 3. The summed E-state index contributed by atoms with van der Waals surface area (Å²) in [5.41, 5.74) is 1.01. The summed E-state index contributed by atoms with van der Waals surface area (Å²) < 4.78 is 27.4. The number of carbonyl (C=O) groups excluding carboxylic acids is 1. The first kappa shape index (κ1) is 17.4. The molecule has 0 aromatic carbocycles. The highest BCUT2D eigenvalue weighted by atomic mass is 32.2. The Labute approximate surface area is 143 Å². The molecule has 0 bridgehead atoms. The molecule has 1 aliphatic carbocycles. The fourth-order valence-corrected chi connectivity index (χ4v) is 4.25. The minimum absolute atomic E-state index is 0.129. The zero-order valence-corrected chi connectivity index (χ0v) is 15.0. The second-order valence-corrected chi connectivity index (χ2v) is 8.82. The molecule has 0 radical (unpaired) electrons. The summed E-state index contributed by atoms with van der Waals surface area (Å²) in [4.78, 5) is 14.8. The monoisotopic (exact) mass is 354 g/mol. The lowest BCUT2D eigenvalue weighted by Gasteiger charge is -2.30. The first-order valence-corrected chi connectivity index (χ1v) is 10.6. The third-order valence-electron chi connectivity index (χ3n) is 5.09. The molecule has 3 rings (SSSR count). The Morgan fingerprint density at radius 1 is 1.33 bits per heavy atom. The van der Waals surface area contributed by atoms with E-state index < -0.39 is 10.0 Å². The summed E-state index contributed by atoms with van der Waals surface area (Å²) in [5.74, 6) is 0.617. The largest absolute Gasteiger partial charge is 0.332 e. The van der Waals surface area contributed by atoms with Crippen molar-refractivity contribution in [2.24, 2.45) is 5.92 Å². The van der Waals surface area contributed by atoms with E-state index in [4.69, 9.17) is 0 Å². The molecule has 7 nitrogen and oxygen atoms in total. The van der Waals surface area contributed by atoms with E-state index in [1.807, 2.05) is 15.6 Å². The van der Waals surface area contributed by atoms with Crippen molar-refractivity contribution >= 4 is 15.9 Å². The first-order valence-electron chi connectivity index (χ1n) is 8.67. The van der Waals surface area contributed by atoms with Crippen LogP contribution in [0.2, 0.25) is 0 Å². The third-order valence-corrected chi connectivity index (χ3v) is 5.78. The minimum atomic E-state index is -3.27. The molecule has 1 fully saturated rings. The van der Waals surface area contributed by atoms with Crippen molar-refractivity contribution in [1.29, 1.82) is 0 Å². The first-order chi connectivity index (χ1) is 11.4. The maximum Gasteiger partial charge on any atom is 0.223 e. The predicted molar refractivity (Wildman–Crippen MR) is 90.6 cm³/mol. The van der Waals surface area contributed by atoms with Crippen LogP contribution in [0.25, 0.3) is 0 Å². The van der Waals surface area contributed by atoms with Gasteiger partial charge in [-0.15, -0.1) is 0 Å². The average Bonchev–Trinajstić information content (AvgIpc) is 3.13. The molecule has 2 heterocycles. The van der Waals surface area contributed by atoms with Gasteiger partial charge in [0.25, 0.3) is 0 Å². The van der Waals surface area contributed by atoms with E-state index >= 15 is 0 Å². The lowest BCUT2D eigenvalue weighted by Crippen LogP contribution is -2.46. The predicted octanol–water partition coefficient (Wildman–Crippen LogP) is 1.11. The van der Waals surface area contributed by atoms with Crippen molar-refractivity contribution in [3.63, 3.8) is 0 Å². The van der Waals surface area contributed by atoms with Crippen LogP contribution in [-0.4, -0.2) is 47.8 Å². The van der Waals surface area contributed by atoms with Gasteiger partial charge < -0.3 is 4.90 Å². The Balaban J connectivity index is 1.74. The van der Waals surface area contributed by atoms with E-state index in [9.17, 15) is 13.2 Å². The van der Waals surface area contributed by atoms with Crippen molar-refractivity contribution in [2.45, 2.75) is 57.7 Å². The van der Waals surface area contributed by atoms with Gasteiger partial charge in [-0.1, -0.05) is 12.8 Å². The van der Waals surface area contributed by atoms with Crippen LogP contribution >= 0.6 is 0 Å². The number of sulfonamides is 1. The standard InChI is InChI=1S/C16H26N4O3S/c1-24(22,23)18-11-14-7-9-20-15(6-8-17-20)12-19(14)16(21)10-13-4-2-3-5-13/h6,8,13-14,18H,2-5,7,9-12H2,1H3/t14-/m1/s1. The Morgan fingerprint density at radius 3 is 2.79 bits per heavy atom. The van der Waals surface area contributed by atoms with E-state index in [1.54, 1.807) is 6.20 Å². The smallest absolute Gasteiger partial charge is 0.223 e. The number of aromatic nitrogens is 2. The van der Waals surface area contributed by atoms with Crippen LogP contribution in [0.4, 0.5) is 0 Å². The number of amides is 1. The van der Waals surface area contributed by atoms with Gasteiger partial charge in [0.1, 0.15) is 0 Å². The second-order valence-electron chi connectivity index (χ2n) is 6.99. The van der Waals surface area contributed by atoms with Crippen LogP contribution in [0, 0.1) is 5.92 Å². The highest BCUT2D eigenvalue weighted by molar-refractivity contribution is 7.88. The summed E-state index contributed by atoms with van der Waals surface area (Å²) in [6, 6.07) is 1.80. The van der Waals surface area contributed by atoms with Crippen molar-refractivity contribution in [3.05, 3.63) is 18.0 Å². The fraction of sp³-hybridized carbons (Fsp3) is 0.750. The maximum atomic E-state index is 12.9. The fourth-order valence-electron chi connectivity index (χ4n) is 3.76. The van der Waals surface area contributed by atoms with Gasteiger partial charge in [-0.3, -0.25) is 9.48 Å².